The van der Waals surface area contributed by atoms with Crippen LogP contribution in [0.15, 0.2) is 46.6 Å². The maximum absolute atomic E-state index is 12.6. The van der Waals surface area contributed by atoms with Gasteiger partial charge in [0, 0.05) is 0 Å². The Kier molecular flexibility index (Phi) is 5.30. The molecule has 4 aliphatic heterocycles. The van der Waals surface area contributed by atoms with Crippen LogP contribution in [0.2, 0.25) is 0 Å². The van der Waals surface area contributed by atoms with Gasteiger partial charge in [-0.3, -0.25) is 0 Å². The van der Waals surface area contributed by atoms with E-state index in [4.69, 9.17) is 28.4 Å². The number of methoxy groups -OCH3 is 4. The number of hydrogen-bond acceptors (Lipinski definition) is 10. The van der Waals surface area contributed by atoms with E-state index in [-0.39, 0.29) is 35.1 Å². The molecule has 4 atom stereocenters. The number of carbonyl (C=O) groups excluding carboxylic acids is 4. The average Bonchev–Trinajstić information content (AvgIpc) is 3.57. The van der Waals surface area contributed by atoms with Crippen LogP contribution in [0.1, 0.15) is 12.8 Å². The van der Waals surface area contributed by atoms with Crippen LogP contribution in [0.3, 0.4) is 0 Å². The van der Waals surface area contributed by atoms with Crippen molar-refractivity contribution < 1.29 is 47.6 Å². The molecule has 0 N–H and O–H groups in total. The second kappa shape index (κ2) is 7.72. The van der Waals surface area contributed by atoms with E-state index in [1.54, 1.807) is 24.3 Å². The lowest BCUT2D eigenvalue weighted by Gasteiger charge is -2.31. The summed E-state index contributed by atoms with van der Waals surface area (Å²) in [5, 5.41) is 0. The van der Waals surface area contributed by atoms with Crippen LogP contribution in [-0.4, -0.2) is 75.7 Å². The van der Waals surface area contributed by atoms with E-state index in [1.807, 2.05) is 0 Å². The van der Waals surface area contributed by atoms with E-state index in [1.165, 1.54) is 28.4 Å². The highest BCUT2D eigenvalue weighted by atomic mass is 16.6. The SMILES string of the molecule is COC(=O)C1=C(C(=O)OC)C2(CCC34C=CC(O3)C(C(=O)OC)=C4C(=O)OC)C=CC1O2. The molecule has 0 saturated carbocycles. The highest BCUT2D eigenvalue weighted by Crippen LogP contribution is 2.52. The van der Waals surface area contributed by atoms with Gasteiger partial charge in [-0.2, -0.15) is 0 Å². The molecule has 0 aromatic heterocycles. The number of esters is 4. The van der Waals surface area contributed by atoms with Gasteiger partial charge in [0.15, 0.2) is 0 Å². The highest BCUT2D eigenvalue weighted by Gasteiger charge is 2.58. The van der Waals surface area contributed by atoms with Crippen LogP contribution in [0.25, 0.3) is 0 Å². The first-order valence-electron chi connectivity index (χ1n) is 9.84. The van der Waals surface area contributed by atoms with Gasteiger partial charge in [0.1, 0.15) is 23.4 Å². The molecule has 4 heterocycles. The fourth-order valence-corrected chi connectivity index (χ4v) is 4.76. The van der Waals surface area contributed by atoms with Gasteiger partial charge >= 0.3 is 23.9 Å². The van der Waals surface area contributed by atoms with Gasteiger partial charge in [-0.25, -0.2) is 19.2 Å². The third-order valence-electron chi connectivity index (χ3n) is 6.17. The zero-order valence-electron chi connectivity index (χ0n) is 18.0. The molecular weight excluding hydrogens is 424 g/mol. The minimum Gasteiger partial charge on any atom is -0.466 e. The normalized spacial score (nSPS) is 31.4. The molecule has 4 unspecified atom stereocenters. The van der Waals surface area contributed by atoms with Gasteiger partial charge in [0.05, 0.1) is 50.7 Å². The van der Waals surface area contributed by atoms with Gasteiger partial charge in [-0.1, -0.05) is 12.2 Å². The number of rotatable bonds is 7. The smallest absolute Gasteiger partial charge is 0.337 e. The van der Waals surface area contributed by atoms with E-state index in [2.05, 4.69) is 0 Å². The monoisotopic (exact) mass is 446 g/mol. The van der Waals surface area contributed by atoms with E-state index in [9.17, 15) is 19.2 Å². The number of ether oxygens (including phenoxy) is 6. The number of fused-ring (bicyclic) bond motifs is 4. The summed E-state index contributed by atoms with van der Waals surface area (Å²) in [5.74, 6) is -2.83. The van der Waals surface area contributed by atoms with Crippen LogP contribution < -0.4 is 0 Å². The van der Waals surface area contributed by atoms with Crippen LogP contribution in [0, 0.1) is 0 Å². The molecule has 0 saturated heterocycles. The Hall–Kier alpha value is -3.24. The number of carbonyl (C=O) groups is 4. The van der Waals surface area contributed by atoms with Crippen LogP contribution in [-0.2, 0) is 47.6 Å². The summed E-state index contributed by atoms with van der Waals surface area (Å²) in [6.45, 7) is 0. The van der Waals surface area contributed by atoms with Gasteiger partial charge in [-0.15, -0.1) is 0 Å². The maximum atomic E-state index is 12.6. The first kappa shape index (κ1) is 22.0. The minimum atomic E-state index is -1.28. The second-order valence-electron chi connectivity index (χ2n) is 7.62. The summed E-state index contributed by atoms with van der Waals surface area (Å²) in [6.07, 6.45) is 5.44. The third kappa shape index (κ3) is 2.94. The molecule has 0 spiro atoms. The maximum Gasteiger partial charge on any atom is 0.337 e. The van der Waals surface area contributed by atoms with Crippen molar-refractivity contribution in [3.8, 4) is 0 Å². The lowest BCUT2D eigenvalue weighted by atomic mass is 9.77. The lowest BCUT2D eigenvalue weighted by Crippen LogP contribution is -2.38. The number of hydrogen-bond donors (Lipinski definition) is 0. The molecule has 0 aromatic rings. The summed E-state index contributed by atoms with van der Waals surface area (Å²) in [6, 6.07) is 0. The van der Waals surface area contributed by atoms with Crippen molar-refractivity contribution >= 4 is 23.9 Å². The van der Waals surface area contributed by atoms with E-state index in [0.717, 1.165) is 0 Å². The van der Waals surface area contributed by atoms with Crippen molar-refractivity contribution in [2.24, 2.45) is 0 Å². The first-order valence-corrected chi connectivity index (χ1v) is 9.84. The summed E-state index contributed by atoms with van der Waals surface area (Å²) in [7, 11) is 4.83. The van der Waals surface area contributed by atoms with Crippen LogP contribution in [0.5, 0.6) is 0 Å². The first-order chi connectivity index (χ1) is 15.3. The van der Waals surface area contributed by atoms with E-state index >= 15 is 0 Å². The van der Waals surface area contributed by atoms with Gasteiger partial charge < -0.3 is 28.4 Å². The molecule has 10 heteroatoms. The average molecular weight is 446 g/mol. The van der Waals surface area contributed by atoms with Gasteiger partial charge in [-0.05, 0) is 25.0 Å². The zero-order chi connectivity index (χ0) is 23.3. The molecule has 4 rings (SSSR count). The predicted octanol–water partition coefficient (Wildman–Crippen LogP) is 0.467. The Morgan fingerprint density at radius 3 is 1.34 bits per heavy atom. The molecule has 0 aromatic carbocycles. The van der Waals surface area contributed by atoms with Crippen LogP contribution >= 0.6 is 0 Å². The molecule has 32 heavy (non-hydrogen) atoms. The Morgan fingerprint density at radius 2 is 1.03 bits per heavy atom. The Bertz CT molecular complexity index is 949. The van der Waals surface area contributed by atoms with Crippen molar-refractivity contribution in [2.45, 2.75) is 36.3 Å². The van der Waals surface area contributed by atoms with E-state index in [0.29, 0.717) is 0 Å². The van der Waals surface area contributed by atoms with E-state index < -0.39 is 47.3 Å². The molecule has 0 aliphatic carbocycles. The van der Waals surface area contributed by atoms with Gasteiger partial charge in [0.2, 0.25) is 0 Å². The summed E-state index contributed by atoms with van der Waals surface area (Å²) >= 11 is 0. The lowest BCUT2D eigenvalue weighted by molar-refractivity contribution is -0.140. The molecule has 0 amide bonds. The molecular formula is C22H22O10. The quantitative estimate of drug-likeness (QED) is 0.310. The third-order valence-corrected chi connectivity index (χ3v) is 6.17. The van der Waals surface area contributed by atoms with Crippen molar-refractivity contribution in [3.05, 3.63) is 46.6 Å². The molecule has 4 bridgehead atoms. The summed E-state index contributed by atoms with van der Waals surface area (Å²) < 4.78 is 31.5. The van der Waals surface area contributed by atoms with Gasteiger partial charge in [0.25, 0.3) is 0 Å². The molecule has 10 nitrogen and oxygen atoms in total. The molecule has 170 valence electrons. The standard InChI is InChI=1S/C22H22O10/c1-27-17(23)13-11-5-7-21(31-11,15(13)19(25)29-3)9-10-22-8-6-12(32-22)14(18(24)28-2)16(22)20(26)30-4/h5-8,11-12H,9-10H2,1-4H3. The minimum absolute atomic E-state index is 0.0454. The molecule has 0 fully saturated rings. The van der Waals surface area contributed by atoms with Crippen molar-refractivity contribution in [1.29, 1.82) is 0 Å². The van der Waals surface area contributed by atoms with Crippen molar-refractivity contribution in [2.75, 3.05) is 28.4 Å². The molecule has 4 aliphatic rings. The fraction of sp³-hybridized carbons (Fsp3) is 0.455. The fourth-order valence-electron chi connectivity index (χ4n) is 4.76. The second-order valence-corrected chi connectivity index (χ2v) is 7.62. The van der Waals surface area contributed by atoms with Crippen LogP contribution in [0.4, 0.5) is 0 Å². The predicted molar refractivity (Wildman–Crippen MR) is 105 cm³/mol. The summed E-state index contributed by atoms with van der Waals surface area (Å²) in [4.78, 5) is 49.9. The Morgan fingerprint density at radius 1 is 0.688 bits per heavy atom. The Balaban J connectivity index is 1.71. The topological polar surface area (TPSA) is 124 Å². The highest BCUT2D eigenvalue weighted by molar-refractivity contribution is 6.06. The van der Waals surface area contributed by atoms with Crippen molar-refractivity contribution in [3.63, 3.8) is 0 Å². The zero-order valence-corrected chi connectivity index (χ0v) is 18.0. The van der Waals surface area contributed by atoms with Crippen molar-refractivity contribution in [1.82, 2.24) is 0 Å². The molecule has 0 radical (unpaired) electrons. The largest absolute Gasteiger partial charge is 0.466 e. The Labute approximate surface area is 183 Å². The summed E-state index contributed by atoms with van der Waals surface area (Å²) in [5.41, 5.74) is -2.31.